The van der Waals surface area contributed by atoms with Gasteiger partial charge in [-0.2, -0.15) is 0 Å². The van der Waals surface area contributed by atoms with E-state index in [1.807, 2.05) is 72.4 Å². The number of likely N-dealkylation sites (N-methyl/N-ethyl adjacent to an activating group) is 1. The summed E-state index contributed by atoms with van der Waals surface area (Å²) in [7, 11) is -1.08. The van der Waals surface area contributed by atoms with Gasteiger partial charge in [0, 0.05) is 6.04 Å². The van der Waals surface area contributed by atoms with Gasteiger partial charge in [-0.25, -0.2) is 4.67 Å². The molecule has 0 amide bonds. The van der Waals surface area contributed by atoms with Crippen molar-refractivity contribution in [2.24, 2.45) is 0 Å². The van der Waals surface area contributed by atoms with Crippen molar-refractivity contribution in [1.82, 2.24) is 4.67 Å². The molecule has 0 aromatic heterocycles. The fourth-order valence-electron chi connectivity index (χ4n) is 2.59. The van der Waals surface area contributed by atoms with Crippen LogP contribution in [0.3, 0.4) is 0 Å². The summed E-state index contributed by atoms with van der Waals surface area (Å²) in [5.74, 6) is 0. The highest BCUT2D eigenvalue weighted by Crippen LogP contribution is 2.60. The zero-order valence-corrected chi connectivity index (χ0v) is 12.5. The third-order valence-electron chi connectivity index (χ3n) is 3.91. The molecule has 1 aliphatic rings. The van der Waals surface area contributed by atoms with E-state index >= 15 is 0 Å². The summed E-state index contributed by atoms with van der Waals surface area (Å²) >= 11 is 0. The van der Waals surface area contributed by atoms with Crippen molar-refractivity contribution in [1.29, 1.82) is 0 Å². The summed E-state index contributed by atoms with van der Waals surface area (Å²) in [5, 5.41) is 0.757. The fourth-order valence-corrected chi connectivity index (χ4v) is 4.98. The van der Waals surface area contributed by atoms with Crippen molar-refractivity contribution in [2.75, 3.05) is 7.05 Å². The zero-order valence-electron chi connectivity index (χ0n) is 11.6. The van der Waals surface area contributed by atoms with Crippen LogP contribution < -0.4 is 5.30 Å². The maximum Gasteiger partial charge on any atom is 0.303 e. The van der Waals surface area contributed by atoms with E-state index in [0.717, 1.165) is 10.9 Å². The summed E-state index contributed by atoms with van der Waals surface area (Å²) < 4.78 is 21.1. The van der Waals surface area contributed by atoms with Gasteiger partial charge >= 0.3 is 7.52 Å². The molecule has 2 aromatic carbocycles. The van der Waals surface area contributed by atoms with Gasteiger partial charge < -0.3 is 4.52 Å². The first kappa shape index (κ1) is 13.6. The summed E-state index contributed by atoms with van der Waals surface area (Å²) in [6.07, 6.45) is -0.160. The smallest absolute Gasteiger partial charge is 0.303 e. The second-order valence-electron chi connectivity index (χ2n) is 5.11. The van der Waals surface area contributed by atoms with Crippen LogP contribution in [0.15, 0.2) is 60.7 Å². The Morgan fingerprint density at radius 2 is 1.55 bits per heavy atom. The Morgan fingerprint density at radius 1 is 1.00 bits per heavy atom. The minimum Gasteiger partial charge on any atom is -0.304 e. The first-order valence-corrected chi connectivity index (χ1v) is 8.33. The molecule has 1 aliphatic heterocycles. The molecule has 2 aromatic rings. The monoisotopic (exact) mass is 287 g/mol. The van der Waals surface area contributed by atoms with Crippen LogP contribution in [-0.2, 0) is 9.09 Å². The molecule has 0 aliphatic carbocycles. The minimum atomic E-state index is -2.96. The Kier molecular flexibility index (Phi) is 3.51. The van der Waals surface area contributed by atoms with Crippen LogP contribution in [0.1, 0.15) is 18.6 Å². The van der Waals surface area contributed by atoms with Gasteiger partial charge in [0.1, 0.15) is 6.10 Å². The molecule has 0 spiro atoms. The summed E-state index contributed by atoms with van der Waals surface area (Å²) in [6, 6.07) is 19.5. The van der Waals surface area contributed by atoms with E-state index in [2.05, 4.69) is 6.92 Å². The summed E-state index contributed by atoms with van der Waals surface area (Å²) in [6.45, 7) is 2.06. The van der Waals surface area contributed by atoms with Crippen LogP contribution in [0.25, 0.3) is 0 Å². The molecule has 0 bridgehead atoms. The molecule has 0 N–H and O–H groups in total. The highest BCUT2D eigenvalue weighted by molar-refractivity contribution is 7.64. The van der Waals surface area contributed by atoms with Crippen molar-refractivity contribution in [3.8, 4) is 0 Å². The highest BCUT2D eigenvalue weighted by Gasteiger charge is 2.47. The Hall–Kier alpha value is -1.41. The lowest BCUT2D eigenvalue weighted by atomic mass is 10.0. The molecule has 1 unspecified atom stereocenters. The first-order valence-electron chi connectivity index (χ1n) is 6.75. The quantitative estimate of drug-likeness (QED) is 0.790. The van der Waals surface area contributed by atoms with Crippen LogP contribution >= 0.6 is 7.52 Å². The van der Waals surface area contributed by atoms with E-state index in [1.165, 1.54) is 0 Å². The largest absolute Gasteiger partial charge is 0.304 e. The predicted molar refractivity (Wildman–Crippen MR) is 81.2 cm³/mol. The SMILES string of the molecule is C[C@@H]1[C@H](c2ccccc2)OP(=O)(c2ccccc2)N1C. The highest BCUT2D eigenvalue weighted by atomic mass is 31.2. The molecular formula is C16H18NO2P. The van der Waals surface area contributed by atoms with Gasteiger partial charge in [-0.05, 0) is 31.7 Å². The van der Waals surface area contributed by atoms with Gasteiger partial charge in [0.05, 0.1) is 5.30 Å². The van der Waals surface area contributed by atoms with Crippen molar-refractivity contribution in [2.45, 2.75) is 19.1 Å². The lowest BCUT2D eigenvalue weighted by molar-refractivity contribution is 0.212. The van der Waals surface area contributed by atoms with Crippen molar-refractivity contribution < 1.29 is 9.09 Å². The second-order valence-corrected chi connectivity index (χ2v) is 7.51. The first-order chi connectivity index (χ1) is 9.63. The normalized spacial score (nSPS) is 30.5. The molecule has 1 saturated heterocycles. The topological polar surface area (TPSA) is 29.5 Å². The van der Waals surface area contributed by atoms with Crippen molar-refractivity contribution >= 4 is 12.8 Å². The van der Waals surface area contributed by atoms with Crippen molar-refractivity contribution in [3.05, 3.63) is 66.2 Å². The lowest BCUT2D eigenvalue weighted by Gasteiger charge is -2.20. The number of rotatable bonds is 2. The van der Waals surface area contributed by atoms with Crippen molar-refractivity contribution in [3.63, 3.8) is 0 Å². The number of hydrogen-bond donors (Lipinski definition) is 0. The van der Waals surface area contributed by atoms with Gasteiger partial charge in [0.2, 0.25) is 0 Å². The molecule has 20 heavy (non-hydrogen) atoms. The molecule has 104 valence electrons. The van der Waals surface area contributed by atoms with E-state index in [0.29, 0.717) is 0 Å². The van der Waals surface area contributed by atoms with E-state index < -0.39 is 7.52 Å². The van der Waals surface area contributed by atoms with E-state index in [1.54, 1.807) is 0 Å². The standard InChI is InChI=1S/C16H18NO2P/c1-13-16(14-9-5-3-6-10-14)19-20(18,17(13)2)15-11-7-4-8-12-15/h3-13,16H,1-2H3/t13-,16-,20?/m1/s1. The molecule has 1 fully saturated rings. The molecule has 4 heteroatoms. The van der Waals surface area contributed by atoms with Crippen LogP contribution in [0.2, 0.25) is 0 Å². The van der Waals surface area contributed by atoms with Crippen LogP contribution in [-0.4, -0.2) is 17.8 Å². The van der Waals surface area contributed by atoms with Crippen LogP contribution in [0, 0.1) is 0 Å². The maximum absolute atomic E-state index is 13.2. The average Bonchev–Trinajstić information content (AvgIpc) is 2.75. The molecule has 3 nitrogen and oxygen atoms in total. The van der Waals surface area contributed by atoms with Gasteiger partial charge in [-0.15, -0.1) is 0 Å². The number of hydrogen-bond acceptors (Lipinski definition) is 2. The molecule has 1 heterocycles. The minimum absolute atomic E-state index is 0.0726. The Labute approximate surface area is 119 Å². The average molecular weight is 287 g/mol. The Morgan fingerprint density at radius 3 is 2.15 bits per heavy atom. The van der Waals surface area contributed by atoms with E-state index in [9.17, 15) is 4.57 Å². The van der Waals surface area contributed by atoms with Crippen LogP contribution in [0.4, 0.5) is 0 Å². The molecular weight excluding hydrogens is 269 g/mol. The third kappa shape index (κ3) is 2.12. The van der Waals surface area contributed by atoms with Crippen LogP contribution in [0.5, 0.6) is 0 Å². The lowest BCUT2D eigenvalue weighted by Crippen LogP contribution is -2.25. The fraction of sp³-hybridized carbons (Fsp3) is 0.250. The zero-order chi connectivity index (χ0) is 14.2. The molecule has 0 radical (unpaired) electrons. The summed E-state index contributed by atoms with van der Waals surface area (Å²) in [4.78, 5) is 0. The second kappa shape index (κ2) is 5.17. The van der Waals surface area contributed by atoms with Gasteiger partial charge in [0.15, 0.2) is 0 Å². The van der Waals surface area contributed by atoms with E-state index in [-0.39, 0.29) is 12.1 Å². The van der Waals surface area contributed by atoms with E-state index in [4.69, 9.17) is 4.52 Å². The molecule has 3 atom stereocenters. The predicted octanol–water partition coefficient (Wildman–Crippen LogP) is 3.60. The molecule has 3 rings (SSSR count). The number of nitrogens with zero attached hydrogens (tertiary/aromatic N) is 1. The number of benzene rings is 2. The van der Waals surface area contributed by atoms with Gasteiger partial charge in [-0.3, -0.25) is 4.57 Å². The molecule has 0 saturated carbocycles. The van der Waals surface area contributed by atoms with Gasteiger partial charge in [0.25, 0.3) is 0 Å². The maximum atomic E-state index is 13.2. The summed E-state index contributed by atoms with van der Waals surface area (Å²) in [5.41, 5.74) is 1.07. The third-order valence-corrected chi connectivity index (χ3v) is 6.57. The Balaban J connectivity index is 1.99. The Bertz CT molecular complexity index is 629. The van der Waals surface area contributed by atoms with Gasteiger partial charge in [-0.1, -0.05) is 48.5 Å².